The van der Waals surface area contributed by atoms with Gasteiger partial charge in [-0.25, -0.2) is 0 Å². The van der Waals surface area contributed by atoms with Gasteiger partial charge in [-0.15, -0.1) is 0 Å². The van der Waals surface area contributed by atoms with Crippen molar-refractivity contribution < 1.29 is 4.74 Å². The molecule has 0 bridgehead atoms. The minimum absolute atomic E-state index is 0.126. The van der Waals surface area contributed by atoms with Gasteiger partial charge in [0.1, 0.15) is 0 Å². The van der Waals surface area contributed by atoms with Crippen LogP contribution >= 0.6 is 0 Å². The van der Waals surface area contributed by atoms with Crippen molar-refractivity contribution in [3.05, 3.63) is 33.7 Å². The van der Waals surface area contributed by atoms with Gasteiger partial charge in [0.2, 0.25) is 0 Å². The van der Waals surface area contributed by atoms with Gasteiger partial charge < -0.3 is 9.30 Å². The lowest BCUT2D eigenvalue weighted by atomic mass is 10.2. The van der Waals surface area contributed by atoms with Crippen molar-refractivity contribution >= 4 is 0 Å². The van der Waals surface area contributed by atoms with E-state index < -0.39 is 0 Å². The topological polar surface area (TPSA) is 34.5 Å². The molecule has 0 N–H and O–H groups in total. The smallest absolute Gasteiger partial charge is 0.250 e. The third kappa shape index (κ3) is 1.28. The lowest BCUT2D eigenvalue weighted by Gasteiger charge is -2.09. The highest BCUT2D eigenvalue weighted by Gasteiger charge is 2.25. The minimum Gasteiger partial charge on any atom is -0.371 e. The summed E-state index contributed by atoms with van der Waals surface area (Å²) >= 11 is 0. The normalized spacial score (nSPS) is 23.6. The maximum absolute atomic E-state index is 11.6. The first-order valence-corrected chi connectivity index (χ1v) is 5.18. The van der Waals surface area contributed by atoms with Crippen LogP contribution in [0.1, 0.15) is 17.7 Å². The number of epoxide rings is 1. The first kappa shape index (κ1) is 8.24. The van der Waals surface area contributed by atoms with E-state index in [1.165, 1.54) is 17.7 Å². The molecule has 0 amide bonds. The Kier molecular flexibility index (Phi) is 1.74. The zero-order valence-corrected chi connectivity index (χ0v) is 8.03. The monoisotopic (exact) mass is 191 g/mol. The van der Waals surface area contributed by atoms with Crippen molar-refractivity contribution in [3.63, 3.8) is 0 Å². The molecule has 1 saturated heterocycles. The molecule has 0 unspecified atom stereocenters. The molecule has 0 aromatic carbocycles. The summed E-state index contributed by atoms with van der Waals surface area (Å²) < 4.78 is 7.07. The van der Waals surface area contributed by atoms with Crippen LogP contribution in [0, 0.1) is 0 Å². The zero-order valence-electron chi connectivity index (χ0n) is 8.03. The van der Waals surface area contributed by atoms with Gasteiger partial charge in [-0.2, -0.15) is 0 Å². The largest absolute Gasteiger partial charge is 0.371 e. The number of aromatic nitrogens is 1. The summed E-state index contributed by atoms with van der Waals surface area (Å²) in [5, 5.41) is 0. The van der Waals surface area contributed by atoms with Crippen molar-refractivity contribution in [2.45, 2.75) is 31.9 Å². The van der Waals surface area contributed by atoms with E-state index in [9.17, 15) is 4.79 Å². The van der Waals surface area contributed by atoms with E-state index in [4.69, 9.17) is 4.74 Å². The van der Waals surface area contributed by atoms with Gasteiger partial charge >= 0.3 is 0 Å². The number of hydrogen-bond acceptors (Lipinski definition) is 2. The molecule has 3 heteroatoms. The Bertz CT molecular complexity index is 418. The van der Waals surface area contributed by atoms with Crippen molar-refractivity contribution in [2.75, 3.05) is 6.61 Å². The molecule has 2 heterocycles. The average molecular weight is 191 g/mol. The maximum Gasteiger partial charge on any atom is 0.250 e. The molecular weight excluding hydrogens is 178 g/mol. The Balaban J connectivity index is 2.06. The van der Waals surface area contributed by atoms with Crippen LogP contribution in [0.15, 0.2) is 16.9 Å². The molecular formula is C11H13NO2. The van der Waals surface area contributed by atoms with Gasteiger partial charge in [-0.3, -0.25) is 4.79 Å². The molecule has 1 aliphatic heterocycles. The molecule has 0 radical (unpaired) electrons. The predicted octanol–water partition coefficient (Wildman–Crippen LogP) is 0.736. The summed E-state index contributed by atoms with van der Waals surface area (Å²) in [6.07, 6.45) is 3.66. The Morgan fingerprint density at radius 1 is 1.43 bits per heavy atom. The molecule has 3 rings (SSSR count). The third-order valence-electron chi connectivity index (χ3n) is 3.04. The second-order valence-corrected chi connectivity index (χ2v) is 4.06. The summed E-state index contributed by atoms with van der Waals surface area (Å²) in [6, 6.07) is 3.67. The fraction of sp³-hybridized carbons (Fsp3) is 0.545. The van der Waals surface area contributed by atoms with Crippen molar-refractivity contribution in [1.82, 2.24) is 4.57 Å². The van der Waals surface area contributed by atoms with E-state index in [1.807, 2.05) is 10.6 Å². The summed E-state index contributed by atoms with van der Waals surface area (Å²) in [5.41, 5.74) is 2.72. The molecule has 1 aliphatic carbocycles. The quantitative estimate of drug-likeness (QED) is 0.646. The van der Waals surface area contributed by atoms with Gasteiger partial charge in [0.15, 0.2) is 0 Å². The molecule has 1 aromatic rings. The Hall–Kier alpha value is -1.09. The first-order chi connectivity index (χ1) is 6.84. The summed E-state index contributed by atoms with van der Waals surface area (Å²) in [6.45, 7) is 1.57. The molecule has 0 spiro atoms. The number of nitrogens with zero attached hydrogens (tertiary/aromatic N) is 1. The number of aryl methyl sites for hydroxylation is 1. The average Bonchev–Trinajstić information content (AvgIpc) is 2.86. The van der Waals surface area contributed by atoms with Crippen LogP contribution in [-0.4, -0.2) is 17.3 Å². The van der Waals surface area contributed by atoms with Crippen LogP contribution in [0.4, 0.5) is 0 Å². The fourth-order valence-electron chi connectivity index (χ4n) is 2.21. The lowest BCUT2D eigenvalue weighted by molar-refractivity contribution is 0.377. The first-order valence-electron chi connectivity index (χ1n) is 5.18. The SMILES string of the molecule is O=c1ccc2c(n1C[C@H]1CO1)CCC2. The van der Waals surface area contributed by atoms with E-state index >= 15 is 0 Å². The van der Waals surface area contributed by atoms with E-state index in [2.05, 4.69) is 0 Å². The van der Waals surface area contributed by atoms with Crippen molar-refractivity contribution in [3.8, 4) is 0 Å². The Morgan fingerprint density at radius 3 is 3.07 bits per heavy atom. The van der Waals surface area contributed by atoms with Crippen molar-refractivity contribution in [1.29, 1.82) is 0 Å². The third-order valence-corrected chi connectivity index (χ3v) is 3.04. The van der Waals surface area contributed by atoms with Crippen LogP contribution in [0.3, 0.4) is 0 Å². The zero-order chi connectivity index (χ0) is 9.54. The van der Waals surface area contributed by atoms with Gasteiger partial charge in [0, 0.05) is 11.8 Å². The molecule has 1 atom stereocenters. The van der Waals surface area contributed by atoms with Crippen molar-refractivity contribution in [2.24, 2.45) is 0 Å². The van der Waals surface area contributed by atoms with E-state index in [0.29, 0.717) is 6.10 Å². The standard InChI is InChI=1S/C11H13NO2/c13-11-5-4-8-2-1-3-10(8)12(11)6-9-7-14-9/h4-5,9H,1-3,6-7H2/t9-/m0/s1. The highest BCUT2D eigenvalue weighted by Crippen LogP contribution is 2.21. The Morgan fingerprint density at radius 2 is 2.29 bits per heavy atom. The second kappa shape index (κ2) is 2.95. The van der Waals surface area contributed by atoms with Gasteiger partial charge in [-0.05, 0) is 24.8 Å². The molecule has 74 valence electrons. The molecule has 1 aromatic heterocycles. The highest BCUT2D eigenvalue weighted by atomic mass is 16.6. The number of hydrogen-bond donors (Lipinski definition) is 0. The van der Waals surface area contributed by atoms with Gasteiger partial charge in [-0.1, -0.05) is 6.07 Å². The number of ether oxygens (including phenoxy) is 1. The maximum atomic E-state index is 11.6. The van der Waals surface area contributed by atoms with Crippen LogP contribution in [0.2, 0.25) is 0 Å². The highest BCUT2D eigenvalue weighted by molar-refractivity contribution is 5.25. The van der Waals surface area contributed by atoms with Crippen LogP contribution in [0.5, 0.6) is 0 Å². The number of rotatable bonds is 2. The van der Waals surface area contributed by atoms with Gasteiger partial charge in [0.05, 0.1) is 19.3 Å². The molecule has 3 nitrogen and oxygen atoms in total. The fourth-order valence-corrected chi connectivity index (χ4v) is 2.21. The molecule has 14 heavy (non-hydrogen) atoms. The van der Waals surface area contributed by atoms with Crippen LogP contribution in [0.25, 0.3) is 0 Å². The molecule has 0 saturated carbocycles. The van der Waals surface area contributed by atoms with E-state index in [1.54, 1.807) is 6.07 Å². The van der Waals surface area contributed by atoms with Crippen LogP contribution in [-0.2, 0) is 24.1 Å². The predicted molar refractivity (Wildman–Crippen MR) is 52.5 cm³/mol. The summed E-state index contributed by atoms with van der Waals surface area (Å²) in [5.74, 6) is 0. The molecule has 2 aliphatic rings. The Labute approximate surface area is 82.3 Å². The number of pyridine rings is 1. The summed E-state index contributed by atoms with van der Waals surface area (Å²) in [7, 11) is 0. The lowest BCUT2D eigenvalue weighted by Crippen LogP contribution is -2.24. The van der Waals surface area contributed by atoms with E-state index in [-0.39, 0.29) is 5.56 Å². The van der Waals surface area contributed by atoms with Gasteiger partial charge in [0.25, 0.3) is 5.56 Å². The van der Waals surface area contributed by atoms with E-state index in [0.717, 1.165) is 26.0 Å². The summed E-state index contributed by atoms with van der Waals surface area (Å²) in [4.78, 5) is 11.6. The number of fused-ring (bicyclic) bond motifs is 1. The van der Waals surface area contributed by atoms with Crippen LogP contribution < -0.4 is 5.56 Å². The minimum atomic E-state index is 0.126. The molecule has 1 fully saturated rings. The second-order valence-electron chi connectivity index (χ2n) is 4.06.